The highest BCUT2D eigenvalue weighted by molar-refractivity contribution is 7.08. The van der Waals surface area contributed by atoms with Crippen molar-refractivity contribution in [1.82, 2.24) is 5.32 Å². The Labute approximate surface area is 116 Å². The number of hydrogen-bond acceptors (Lipinski definition) is 3. The number of hydrogen-bond donors (Lipinski definition) is 1. The summed E-state index contributed by atoms with van der Waals surface area (Å²) in [5.41, 5.74) is 3.50. The zero-order valence-corrected chi connectivity index (χ0v) is 11.6. The molecule has 2 nitrogen and oxygen atoms in total. The summed E-state index contributed by atoms with van der Waals surface area (Å²) in [7, 11) is 1.94. The molecule has 2 aromatic rings. The van der Waals surface area contributed by atoms with Crippen molar-refractivity contribution < 1.29 is 4.74 Å². The molecule has 1 aromatic heterocycles. The van der Waals surface area contributed by atoms with E-state index in [0.29, 0.717) is 0 Å². The standard InChI is InChI=1S/C14H14ClNOS/c1-16-7-12-5-10-4-11(15)6-13(14(10)17-12)9-2-3-18-8-9/h2-4,6,8,12,16H,5,7H2,1H3. The topological polar surface area (TPSA) is 21.3 Å². The summed E-state index contributed by atoms with van der Waals surface area (Å²) >= 11 is 7.89. The Kier molecular flexibility index (Phi) is 3.29. The van der Waals surface area contributed by atoms with Crippen molar-refractivity contribution in [2.45, 2.75) is 12.5 Å². The molecular formula is C14H14ClNOS. The van der Waals surface area contributed by atoms with Gasteiger partial charge in [-0.3, -0.25) is 0 Å². The van der Waals surface area contributed by atoms with Crippen LogP contribution in [-0.4, -0.2) is 19.7 Å². The molecule has 0 aliphatic carbocycles. The van der Waals surface area contributed by atoms with Crippen LogP contribution in [0.15, 0.2) is 29.0 Å². The molecule has 0 saturated heterocycles. The molecule has 1 atom stereocenters. The Balaban J connectivity index is 2.03. The van der Waals surface area contributed by atoms with Gasteiger partial charge in [0.1, 0.15) is 11.9 Å². The third kappa shape index (κ3) is 2.14. The van der Waals surface area contributed by atoms with Gasteiger partial charge in [-0.05, 0) is 47.1 Å². The lowest BCUT2D eigenvalue weighted by Gasteiger charge is -2.11. The van der Waals surface area contributed by atoms with Crippen LogP contribution in [0.4, 0.5) is 0 Å². The van der Waals surface area contributed by atoms with Crippen LogP contribution in [0.1, 0.15) is 5.56 Å². The fraction of sp³-hybridized carbons (Fsp3) is 0.286. The fourth-order valence-electron chi connectivity index (χ4n) is 2.37. The Morgan fingerprint density at radius 3 is 3.11 bits per heavy atom. The van der Waals surface area contributed by atoms with Crippen LogP contribution in [0.3, 0.4) is 0 Å². The number of likely N-dealkylation sites (N-methyl/N-ethyl adjacent to an activating group) is 1. The highest BCUT2D eigenvalue weighted by atomic mass is 35.5. The first-order valence-electron chi connectivity index (χ1n) is 5.94. The molecule has 2 heterocycles. The molecule has 0 spiro atoms. The Hall–Kier alpha value is -1.03. The molecule has 0 saturated carbocycles. The van der Waals surface area contributed by atoms with E-state index in [0.717, 1.165) is 29.3 Å². The van der Waals surface area contributed by atoms with E-state index in [-0.39, 0.29) is 6.10 Å². The van der Waals surface area contributed by atoms with Gasteiger partial charge in [0.25, 0.3) is 0 Å². The molecule has 0 fully saturated rings. The lowest BCUT2D eigenvalue weighted by atomic mass is 10.0. The number of thiophene rings is 1. The predicted octanol–water partition coefficient (Wildman–Crippen LogP) is 3.59. The van der Waals surface area contributed by atoms with Crippen LogP contribution in [0.5, 0.6) is 5.75 Å². The third-order valence-electron chi connectivity index (χ3n) is 3.13. The molecule has 3 rings (SSSR count). The number of benzene rings is 1. The molecule has 4 heteroatoms. The van der Waals surface area contributed by atoms with E-state index >= 15 is 0 Å². The average molecular weight is 280 g/mol. The van der Waals surface area contributed by atoms with Crippen LogP contribution in [-0.2, 0) is 6.42 Å². The maximum absolute atomic E-state index is 6.20. The number of fused-ring (bicyclic) bond motifs is 1. The molecule has 0 radical (unpaired) electrons. The van der Waals surface area contributed by atoms with Gasteiger partial charge in [0.15, 0.2) is 0 Å². The maximum atomic E-state index is 6.20. The molecule has 1 aliphatic heterocycles. The first-order valence-corrected chi connectivity index (χ1v) is 7.26. The number of rotatable bonds is 3. The van der Waals surface area contributed by atoms with Gasteiger partial charge >= 0.3 is 0 Å². The smallest absolute Gasteiger partial charge is 0.131 e. The third-order valence-corrected chi connectivity index (χ3v) is 4.03. The van der Waals surface area contributed by atoms with Crippen molar-refractivity contribution in [1.29, 1.82) is 0 Å². The van der Waals surface area contributed by atoms with E-state index in [1.54, 1.807) is 11.3 Å². The van der Waals surface area contributed by atoms with E-state index in [2.05, 4.69) is 22.1 Å². The molecule has 0 bridgehead atoms. The van der Waals surface area contributed by atoms with E-state index in [1.807, 2.05) is 19.2 Å². The highest BCUT2D eigenvalue weighted by Crippen LogP contribution is 2.41. The van der Waals surface area contributed by atoms with Gasteiger partial charge in [-0.1, -0.05) is 11.6 Å². The minimum absolute atomic E-state index is 0.209. The minimum Gasteiger partial charge on any atom is -0.488 e. The first kappa shape index (κ1) is 12.0. The quantitative estimate of drug-likeness (QED) is 0.927. The maximum Gasteiger partial charge on any atom is 0.131 e. The van der Waals surface area contributed by atoms with Crippen molar-refractivity contribution >= 4 is 22.9 Å². The van der Waals surface area contributed by atoms with Gasteiger partial charge in [-0.15, -0.1) is 0 Å². The highest BCUT2D eigenvalue weighted by Gasteiger charge is 2.26. The monoisotopic (exact) mass is 279 g/mol. The summed E-state index contributed by atoms with van der Waals surface area (Å²) in [4.78, 5) is 0. The lowest BCUT2D eigenvalue weighted by Crippen LogP contribution is -2.27. The Bertz CT molecular complexity index is 553. The van der Waals surface area contributed by atoms with E-state index < -0.39 is 0 Å². The zero-order chi connectivity index (χ0) is 12.5. The van der Waals surface area contributed by atoms with E-state index in [1.165, 1.54) is 11.1 Å². The molecule has 1 unspecified atom stereocenters. The molecule has 0 amide bonds. The van der Waals surface area contributed by atoms with Crippen LogP contribution in [0.2, 0.25) is 5.02 Å². The van der Waals surface area contributed by atoms with Gasteiger partial charge in [-0.25, -0.2) is 0 Å². The first-order chi connectivity index (χ1) is 8.78. The van der Waals surface area contributed by atoms with Gasteiger partial charge < -0.3 is 10.1 Å². The van der Waals surface area contributed by atoms with Gasteiger partial charge in [0.05, 0.1) is 0 Å². The van der Waals surface area contributed by atoms with Gasteiger partial charge in [-0.2, -0.15) is 11.3 Å². The second-order valence-corrected chi connectivity index (χ2v) is 5.67. The van der Waals surface area contributed by atoms with E-state index in [4.69, 9.17) is 16.3 Å². The van der Waals surface area contributed by atoms with Gasteiger partial charge in [0.2, 0.25) is 0 Å². The normalized spacial score (nSPS) is 17.6. The SMILES string of the molecule is CNCC1Cc2cc(Cl)cc(-c3ccsc3)c2O1. The summed E-state index contributed by atoms with van der Waals surface area (Å²) in [5.74, 6) is 0.998. The van der Waals surface area contributed by atoms with E-state index in [9.17, 15) is 0 Å². The second-order valence-electron chi connectivity index (χ2n) is 4.46. The number of nitrogens with one attached hydrogen (secondary N) is 1. The van der Waals surface area contributed by atoms with Crippen molar-refractivity contribution in [3.63, 3.8) is 0 Å². The molecular weight excluding hydrogens is 266 g/mol. The number of ether oxygens (including phenoxy) is 1. The lowest BCUT2D eigenvalue weighted by molar-refractivity contribution is 0.232. The Morgan fingerprint density at radius 1 is 1.50 bits per heavy atom. The average Bonchev–Trinajstić information content (AvgIpc) is 2.96. The van der Waals surface area contributed by atoms with Crippen LogP contribution in [0.25, 0.3) is 11.1 Å². The molecule has 1 aromatic carbocycles. The van der Waals surface area contributed by atoms with Crippen molar-refractivity contribution in [3.8, 4) is 16.9 Å². The van der Waals surface area contributed by atoms with Crippen LogP contribution >= 0.6 is 22.9 Å². The molecule has 18 heavy (non-hydrogen) atoms. The summed E-state index contributed by atoms with van der Waals surface area (Å²) < 4.78 is 6.04. The van der Waals surface area contributed by atoms with Crippen molar-refractivity contribution in [2.24, 2.45) is 0 Å². The Morgan fingerprint density at radius 2 is 2.39 bits per heavy atom. The van der Waals surface area contributed by atoms with Crippen LogP contribution in [0, 0.1) is 0 Å². The summed E-state index contributed by atoms with van der Waals surface area (Å²) in [6, 6.07) is 6.11. The zero-order valence-electron chi connectivity index (χ0n) is 10.1. The summed E-state index contributed by atoms with van der Waals surface area (Å²) in [6.45, 7) is 0.857. The molecule has 94 valence electrons. The minimum atomic E-state index is 0.209. The molecule has 1 N–H and O–H groups in total. The van der Waals surface area contributed by atoms with Crippen molar-refractivity contribution in [3.05, 3.63) is 39.5 Å². The summed E-state index contributed by atoms with van der Waals surface area (Å²) in [6.07, 6.45) is 1.13. The second kappa shape index (κ2) is 4.92. The predicted molar refractivity (Wildman–Crippen MR) is 76.8 cm³/mol. The fourth-order valence-corrected chi connectivity index (χ4v) is 3.26. The van der Waals surface area contributed by atoms with Crippen molar-refractivity contribution in [2.75, 3.05) is 13.6 Å². The molecule has 1 aliphatic rings. The largest absolute Gasteiger partial charge is 0.488 e. The van der Waals surface area contributed by atoms with Crippen LogP contribution < -0.4 is 10.1 Å². The number of halogens is 1. The van der Waals surface area contributed by atoms with Gasteiger partial charge in [0, 0.05) is 23.6 Å². The summed E-state index contributed by atoms with van der Waals surface area (Å²) in [5, 5.41) is 8.14.